The minimum Gasteiger partial charge on any atom is -0.508 e. The van der Waals surface area contributed by atoms with Crippen LogP contribution >= 0.6 is 0 Å². The van der Waals surface area contributed by atoms with Crippen LogP contribution in [0.3, 0.4) is 0 Å². The molecule has 1 heterocycles. The molecule has 0 bridgehead atoms. The summed E-state index contributed by atoms with van der Waals surface area (Å²) in [6.45, 7) is 10.9. The van der Waals surface area contributed by atoms with Crippen molar-refractivity contribution in [3.8, 4) is 17.0 Å². The second-order valence-corrected chi connectivity index (χ2v) is 12.2. The molecule has 4 aromatic rings. The lowest BCUT2D eigenvalue weighted by Gasteiger charge is -2.33. The molecule has 0 aliphatic rings. The van der Waals surface area contributed by atoms with E-state index in [1.165, 1.54) is 0 Å². The van der Waals surface area contributed by atoms with E-state index in [-0.39, 0.29) is 24.6 Å². The normalized spacial score (nSPS) is 12.7. The number of primary amides is 1. The van der Waals surface area contributed by atoms with E-state index < -0.39 is 29.7 Å². The summed E-state index contributed by atoms with van der Waals surface area (Å²) in [5.41, 5.74) is 9.77. The molecule has 0 fully saturated rings. The molecular weight excluding hydrogens is 570 g/mol. The number of nitrogens with one attached hydrogen (secondary N) is 2. The number of H-pyrrole nitrogens is 1. The number of aromatic nitrogens is 2. The van der Waals surface area contributed by atoms with Crippen molar-refractivity contribution in [2.45, 2.75) is 72.2 Å². The van der Waals surface area contributed by atoms with Crippen LogP contribution in [0.5, 0.6) is 5.75 Å². The number of phenols is 1. The molecule has 3 aromatic carbocycles. The van der Waals surface area contributed by atoms with Gasteiger partial charge in [-0.1, -0.05) is 42.5 Å². The molecule has 10 nitrogen and oxygen atoms in total. The van der Waals surface area contributed by atoms with Gasteiger partial charge < -0.3 is 30.8 Å². The molecule has 4 rings (SSSR count). The van der Waals surface area contributed by atoms with Gasteiger partial charge in [0.05, 0.1) is 11.7 Å². The summed E-state index contributed by atoms with van der Waals surface area (Å²) < 4.78 is 5.54. The van der Waals surface area contributed by atoms with Gasteiger partial charge in [-0.15, -0.1) is 0 Å². The number of benzene rings is 3. The van der Waals surface area contributed by atoms with Gasteiger partial charge in [0.25, 0.3) is 0 Å². The van der Waals surface area contributed by atoms with E-state index in [1.807, 2.05) is 57.2 Å². The lowest BCUT2D eigenvalue weighted by molar-refractivity contribution is -0.136. The van der Waals surface area contributed by atoms with Crippen LogP contribution in [0.2, 0.25) is 0 Å². The van der Waals surface area contributed by atoms with Crippen molar-refractivity contribution in [1.82, 2.24) is 20.2 Å². The lowest BCUT2D eigenvalue weighted by Crippen LogP contribution is -2.51. The Labute approximate surface area is 263 Å². The van der Waals surface area contributed by atoms with Gasteiger partial charge in [-0.2, -0.15) is 0 Å². The molecule has 0 saturated heterocycles. The van der Waals surface area contributed by atoms with Crippen LogP contribution in [0.15, 0.2) is 72.9 Å². The molecule has 10 heteroatoms. The summed E-state index contributed by atoms with van der Waals surface area (Å²) in [4.78, 5) is 49.3. The SMILES string of the molecule is Cc1cc(O)cc(C)c1CC(NC(=O)OC(C)(C)C)C(=O)N(Cc1cccc(C(N)=O)c1)C(C)c1nc(-c2ccccc2)c[nH]1. The second-order valence-electron chi connectivity index (χ2n) is 12.2. The minimum absolute atomic E-state index is 0.0997. The highest BCUT2D eigenvalue weighted by Crippen LogP contribution is 2.27. The average Bonchev–Trinajstić information content (AvgIpc) is 3.46. The zero-order valence-corrected chi connectivity index (χ0v) is 26.5. The van der Waals surface area contributed by atoms with E-state index >= 15 is 0 Å². The van der Waals surface area contributed by atoms with Crippen molar-refractivity contribution < 1.29 is 24.2 Å². The lowest BCUT2D eigenvalue weighted by atomic mass is 9.95. The van der Waals surface area contributed by atoms with E-state index in [1.54, 1.807) is 62.2 Å². The van der Waals surface area contributed by atoms with E-state index in [0.29, 0.717) is 17.0 Å². The molecule has 5 N–H and O–H groups in total. The van der Waals surface area contributed by atoms with Crippen LogP contribution < -0.4 is 11.1 Å². The van der Waals surface area contributed by atoms with Crippen LogP contribution in [0.1, 0.15) is 72.2 Å². The number of carbonyl (C=O) groups is 3. The highest BCUT2D eigenvalue weighted by atomic mass is 16.6. The van der Waals surface area contributed by atoms with Gasteiger partial charge in [0.15, 0.2) is 0 Å². The van der Waals surface area contributed by atoms with Crippen molar-refractivity contribution in [2.24, 2.45) is 5.73 Å². The van der Waals surface area contributed by atoms with Crippen LogP contribution in [-0.4, -0.2) is 49.5 Å². The van der Waals surface area contributed by atoms with Gasteiger partial charge in [0.2, 0.25) is 11.8 Å². The number of amides is 3. The first-order valence-corrected chi connectivity index (χ1v) is 14.8. The monoisotopic (exact) mass is 611 g/mol. The Morgan fingerprint density at radius 2 is 1.69 bits per heavy atom. The number of carbonyl (C=O) groups excluding carboxylic acids is 3. The van der Waals surface area contributed by atoms with Gasteiger partial charge in [0.1, 0.15) is 23.2 Å². The quantitative estimate of drug-likeness (QED) is 0.180. The maximum Gasteiger partial charge on any atom is 0.408 e. The fourth-order valence-corrected chi connectivity index (χ4v) is 5.23. The zero-order valence-electron chi connectivity index (χ0n) is 26.5. The highest BCUT2D eigenvalue weighted by Gasteiger charge is 2.33. The predicted octanol–water partition coefficient (Wildman–Crippen LogP) is 5.72. The van der Waals surface area contributed by atoms with E-state index in [9.17, 15) is 19.5 Å². The summed E-state index contributed by atoms with van der Waals surface area (Å²) >= 11 is 0. The average molecular weight is 612 g/mol. The molecule has 2 unspecified atom stereocenters. The number of nitrogens with two attached hydrogens (primary N) is 1. The zero-order chi connectivity index (χ0) is 32.9. The maximum absolute atomic E-state index is 14.6. The molecule has 45 heavy (non-hydrogen) atoms. The summed E-state index contributed by atoms with van der Waals surface area (Å²) in [6, 6.07) is 18.1. The third kappa shape index (κ3) is 8.50. The Bertz CT molecular complexity index is 1650. The van der Waals surface area contributed by atoms with E-state index in [4.69, 9.17) is 15.5 Å². The molecule has 0 aliphatic carbocycles. The molecule has 236 valence electrons. The van der Waals surface area contributed by atoms with Crippen molar-refractivity contribution >= 4 is 17.9 Å². The smallest absolute Gasteiger partial charge is 0.408 e. The van der Waals surface area contributed by atoms with Crippen LogP contribution in [0.4, 0.5) is 4.79 Å². The number of aryl methyl sites for hydroxylation is 2. The number of nitrogens with zero attached hydrogens (tertiary/aromatic N) is 2. The van der Waals surface area contributed by atoms with Crippen LogP contribution in [0, 0.1) is 13.8 Å². The number of aromatic amines is 1. The summed E-state index contributed by atoms with van der Waals surface area (Å²) in [5.74, 6) is -0.305. The molecular formula is C35H41N5O5. The Hall–Kier alpha value is -5.12. The number of imidazole rings is 1. The second kappa shape index (κ2) is 13.7. The number of alkyl carbamates (subject to hydrolysis) is 1. The number of ether oxygens (including phenoxy) is 1. The fourth-order valence-electron chi connectivity index (χ4n) is 5.23. The number of phenolic OH excluding ortho intramolecular Hbond substituents is 1. The van der Waals surface area contributed by atoms with E-state index in [2.05, 4.69) is 10.3 Å². The number of aromatic hydroxyl groups is 1. The molecule has 3 amide bonds. The van der Waals surface area contributed by atoms with Crippen LogP contribution in [0.25, 0.3) is 11.3 Å². The Morgan fingerprint density at radius 1 is 1.02 bits per heavy atom. The number of hydrogen-bond donors (Lipinski definition) is 4. The number of rotatable bonds is 10. The van der Waals surface area contributed by atoms with Crippen molar-refractivity contribution in [3.63, 3.8) is 0 Å². The van der Waals surface area contributed by atoms with Gasteiger partial charge in [-0.05, 0) is 88.1 Å². The molecule has 0 radical (unpaired) electrons. The first-order valence-electron chi connectivity index (χ1n) is 14.8. The summed E-state index contributed by atoms with van der Waals surface area (Å²) in [7, 11) is 0. The standard InChI is InChI=1S/C35H41N5O5/c1-21-15-27(41)16-22(2)28(21)18-29(39-34(44)45-35(4,5)6)33(43)40(20-24-11-10-14-26(17-24)31(36)42)23(3)32-37-19-30(38-32)25-12-8-7-9-13-25/h7-17,19,23,29,41H,18,20H2,1-6H3,(H2,36,42)(H,37,38)(H,39,44). The van der Waals surface area contributed by atoms with Gasteiger partial charge >= 0.3 is 6.09 Å². The first kappa shape index (κ1) is 32.8. The third-order valence-corrected chi connectivity index (χ3v) is 7.46. The fraction of sp³-hybridized carbons (Fsp3) is 0.314. The summed E-state index contributed by atoms with van der Waals surface area (Å²) in [6.07, 6.45) is 1.20. The largest absolute Gasteiger partial charge is 0.508 e. The first-order chi connectivity index (χ1) is 21.2. The highest BCUT2D eigenvalue weighted by molar-refractivity contribution is 5.93. The molecule has 0 aliphatic heterocycles. The predicted molar refractivity (Wildman–Crippen MR) is 172 cm³/mol. The van der Waals surface area contributed by atoms with Gasteiger partial charge in [-0.25, -0.2) is 9.78 Å². The topological polar surface area (TPSA) is 151 Å². The molecule has 1 aromatic heterocycles. The molecule has 0 saturated carbocycles. The Morgan fingerprint density at radius 3 is 2.31 bits per heavy atom. The van der Waals surface area contributed by atoms with Gasteiger partial charge in [-0.3, -0.25) is 9.59 Å². The van der Waals surface area contributed by atoms with Gasteiger partial charge in [0, 0.05) is 30.3 Å². The van der Waals surface area contributed by atoms with Crippen molar-refractivity contribution in [1.29, 1.82) is 0 Å². The maximum atomic E-state index is 14.6. The van der Waals surface area contributed by atoms with E-state index in [0.717, 1.165) is 27.9 Å². The molecule has 0 spiro atoms. The van der Waals surface area contributed by atoms with Crippen LogP contribution in [-0.2, 0) is 22.5 Å². The molecule has 2 atom stereocenters. The Balaban J connectivity index is 1.76. The van der Waals surface area contributed by atoms with Crippen molar-refractivity contribution in [2.75, 3.05) is 0 Å². The third-order valence-electron chi connectivity index (χ3n) is 7.46. The number of hydrogen-bond acceptors (Lipinski definition) is 6. The Kier molecular flexibility index (Phi) is 9.96. The minimum atomic E-state index is -1.04. The van der Waals surface area contributed by atoms with Crippen molar-refractivity contribution in [3.05, 3.63) is 107 Å². The summed E-state index contributed by atoms with van der Waals surface area (Å²) in [5, 5.41) is 12.9.